The predicted octanol–water partition coefficient (Wildman–Crippen LogP) is 2.92. The number of pyridine rings is 1. The fraction of sp³-hybridized carbons (Fsp3) is 0.300. The molecule has 1 saturated heterocycles. The molecule has 0 aromatic carbocycles. The van der Waals surface area contributed by atoms with Gasteiger partial charge in [-0.2, -0.15) is 0 Å². The molecule has 0 unspecified atom stereocenters. The zero-order chi connectivity index (χ0) is 19.9. The summed E-state index contributed by atoms with van der Waals surface area (Å²) in [5.41, 5.74) is 2.81. The van der Waals surface area contributed by atoms with Gasteiger partial charge in [0.05, 0.1) is 11.9 Å². The fourth-order valence-electron chi connectivity index (χ4n) is 3.50. The number of nitrogens with one attached hydrogen (secondary N) is 1. The Morgan fingerprint density at radius 3 is 2.41 bits per heavy atom. The number of hydrogen-bond donors (Lipinski definition) is 1. The van der Waals surface area contributed by atoms with Crippen molar-refractivity contribution in [1.29, 1.82) is 0 Å². The summed E-state index contributed by atoms with van der Waals surface area (Å²) >= 11 is 0. The Kier molecular flexibility index (Phi) is 4.47. The number of hydrogen-bond acceptors (Lipinski definition) is 4. The molecule has 7 heteroatoms. The van der Waals surface area contributed by atoms with Gasteiger partial charge in [-0.05, 0) is 64.5 Å². The Morgan fingerprint density at radius 1 is 1.15 bits per heavy atom. The van der Waals surface area contributed by atoms with Crippen LogP contribution in [-0.4, -0.2) is 27.4 Å². The topological polar surface area (TPSA) is 84.3 Å². The highest BCUT2D eigenvalue weighted by atomic mass is 16.2. The summed E-state index contributed by atoms with van der Waals surface area (Å²) < 4.78 is 2.15. The number of anilines is 1. The van der Waals surface area contributed by atoms with Crippen LogP contribution in [-0.2, 0) is 15.1 Å². The van der Waals surface area contributed by atoms with E-state index in [1.165, 1.54) is 12.3 Å². The fourth-order valence-corrected chi connectivity index (χ4v) is 3.50. The van der Waals surface area contributed by atoms with E-state index in [4.69, 9.17) is 0 Å². The number of amides is 4. The van der Waals surface area contributed by atoms with Crippen LogP contribution in [0.1, 0.15) is 37.7 Å². The molecule has 0 spiro atoms. The van der Waals surface area contributed by atoms with Gasteiger partial charge >= 0.3 is 6.03 Å². The van der Waals surface area contributed by atoms with Crippen molar-refractivity contribution in [2.75, 3.05) is 4.90 Å². The largest absolute Gasteiger partial charge is 0.343 e. The normalized spacial score (nSPS) is 16.9. The highest BCUT2D eigenvalue weighted by molar-refractivity contribution is 6.39. The average Bonchev–Trinajstić information content (AvgIpc) is 2.86. The smallest absolute Gasteiger partial charge is 0.336 e. The standard InChI is InChI=1S/C20H22N4O3/c1-12-9-14(13(2)24(12)20(3,4)5)10-16-17(25)22-19(27)23(18(16)26)15-7-6-8-21-11-15/h6-11H,1-5H3,(H,22,25,27)/b16-10+. The number of barbiturate groups is 1. The van der Waals surface area contributed by atoms with E-state index in [1.807, 2.05) is 19.9 Å². The van der Waals surface area contributed by atoms with E-state index in [9.17, 15) is 14.4 Å². The van der Waals surface area contributed by atoms with Gasteiger partial charge in [-0.25, -0.2) is 9.69 Å². The molecule has 1 aliphatic rings. The van der Waals surface area contributed by atoms with Crippen molar-refractivity contribution in [3.8, 4) is 0 Å². The Balaban J connectivity index is 2.07. The molecule has 0 saturated carbocycles. The Morgan fingerprint density at radius 2 is 1.85 bits per heavy atom. The minimum atomic E-state index is -0.782. The lowest BCUT2D eigenvalue weighted by molar-refractivity contribution is -0.122. The molecule has 4 amide bonds. The lowest BCUT2D eigenvalue weighted by atomic mass is 10.1. The SMILES string of the molecule is Cc1cc(/C=C2\C(=O)NC(=O)N(c3cccnc3)C2=O)c(C)n1C(C)(C)C. The first-order valence-corrected chi connectivity index (χ1v) is 8.62. The highest BCUT2D eigenvalue weighted by Gasteiger charge is 2.37. The summed E-state index contributed by atoms with van der Waals surface area (Å²) in [6.45, 7) is 10.2. The molecule has 3 rings (SSSR count). The third kappa shape index (κ3) is 3.28. The van der Waals surface area contributed by atoms with Gasteiger partial charge in [-0.3, -0.25) is 19.9 Å². The van der Waals surface area contributed by atoms with Gasteiger partial charge < -0.3 is 4.57 Å². The zero-order valence-electron chi connectivity index (χ0n) is 16.0. The molecular formula is C20H22N4O3. The van der Waals surface area contributed by atoms with Gasteiger partial charge in [-0.1, -0.05) is 0 Å². The van der Waals surface area contributed by atoms with Crippen molar-refractivity contribution >= 4 is 29.6 Å². The summed E-state index contributed by atoms with van der Waals surface area (Å²) in [5.74, 6) is -1.37. The third-order valence-corrected chi connectivity index (χ3v) is 4.45. The van der Waals surface area contributed by atoms with Gasteiger partial charge in [0.25, 0.3) is 11.8 Å². The Bertz CT molecular complexity index is 965. The first kappa shape index (κ1) is 18.6. The molecule has 2 aromatic rings. The van der Waals surface area contributed by atoms with E-state index in [1.54, 1.807) is 18.3 Å². The van der Waals surface area contributed by atoms with Crippen LogP contribution in [0.4, 0.5) is 10.5 Å². The lowest BCUT2D eigenvalue weighted by Crippen LogP contribution is -2.54. The van der Waals surface area contributed by atoms with E-state index in [2.05, 4.69) is 35.6 Å². The predicted molar refractivity (Wildman–Crippen MR) is 102 cm³/mol. The summed E-state index contributed by atoms with van der Waals surface area (Å²) in [4.78, 5) is 42.3. The lowest BCUT2D eigenvalue weighted by Gasteiger charge is -2.26. The minimum Gasteiger partial charge on any atom is -0.343 e. The second kappa shape index (κ2) is 6.50. The molecule has 0 atom stereocenters. The van der Waals surface area contributed by atoms with Gasteiger partial charge in [-0.15, -0.1) is 0 Å². The van der Waals surface area contributed by atoms with E-state index in [0.29, 0.717) is 5.69 Å². The zero-order valence-corrected chi connectivity index (χ0v) is 16.0. The van der Waals surface area contributed by atoms with Crippen molar-refractivity contribution in [2.45, 2.75) is 40.2 Å². The molecular weight excluding hydrogens is 344 g/mol. The Labute approximate surface area is 157 Å². The summed E-state index contributed by atoms with van der Waals surface area (Å²) in [7, 11) is 0. The van der Waals surface area contributed by atoms with Crippen molar-refractivity contribution in [3.05, 3.63) is 53.1 Å². The molecule has 0 bridgehead atoms. The first-order valence-electron chi connectivity index (χ1n) is 8.62. The van der Waals surface area contributed by atoms with Crippen LogP contribution in [0.25, 0.3) is 6.08 Å². The number of carbonyl (C=O) groups is 3. The van der Waals surface area contributed by atoms with Crippen molar-refractivity contribution in [3.63, 3.8) is 0 Å². The number of carbonyl (C=O) groups excluding carboxylic acids is 3. The minimum absolute atomic E-state index is 0.0902. The Hall–Kier alpha value is -3.22. The summed E-state index contributed by atoms with van der Waals surface area (Å²) in [5, 5.41) is 2.22. The maximum Gasteiger partial charge on any atom is 0.336 e. The van der Waals surface area contributed by atoms with E-state index >= 15 is 0 Å². The third-order valence-electron chi connectivity index (χ3n) is 4.45. The number of urea groups is 1. The van der Waals surface area contributed by atoms with Crippen LogP contribution in [0.3, 0.4) is 0 Å². The summed E-state index contributed by atoms with van der Waals surface area (Å²) in [6.07, 6.45) is 4.48. The molecule has 2 aromatic heterocycles. The average molecular weight is 366 g/mol. The second-order valence-electron chi connectivity index (χ2n) is 7.50. The number of imide groups is 2. The van der Waals surface area contributed by atoms with Crippen molar-refractivity contribution in [1.82, 2.24) is 14.9 Å². The molecule has 3 heterocycles. The van der Waals surface area contributed by atoms with E-state index in [0.717, 1.165) is 21.9 Å². The molecule has 1 N–H and O–H groups in total. The van der Waals surface area contributed by atoms with Gasteiger partial charge in [0.2, 0.25) is 0 Å². The van der Waals surface area contributed by atoms with Crippen LogP contribution in [0, 0.1) is 13.8 Å². The maximum absolute atomic E-state index is 12.9. The van der Waals surface area contributed by atoms with E-state index < -0.39 is 17.8 Å². The van der Waals surface area contributed by atoms with Crippen molar-refractivity contribution < 1.29 is 14.4 Å². The first-order chi connectivity index (χ1) is 12.6. The molecule has 1 fully saturated rings. The molecule has 0 aliphatic carbocycles. The molecule has 0 radical (unpaired) electrons. The molecule has 1 aliphatic heterocycles. The number of aromatic nitrogens is 2. The second-order valence-corrected chi connectivity index (χ2v) is 7.50. The highest BCUT2D eigenvalue weighted by Crippen LogP contribution is 2.27. The number of nitrogens with zero attached hydrogens (tertiary/aromatic N) is 3. The maximum atomic E-state index is 12.9. The van der Waals surface area contributed by atoms with Crippen LogP contribution in [0.2, 0.25) is 0 Å². The van der Waals surface area contributed by atoms with Crippen LogP contribution < -0.4 is 10.2 Å². The quantitative estimate of drug-likeness (QED) is 0.654. The number of rotatable bonds is 2. The van der Waals surface area contributed by atoms with Crippen LogP contribution in [0.15, 0.2) is 36.2 Å². The van der Waals surface area contributed by atoms with Crippen LogP contribution >= 0.6 is 0 Å². The van der Waals surface area contributed by atoms with Gasteiger partial charge in [0.1, 0.15) is 5.57 Å². The van der Waals surface area contributed by atoms with Crippen molar-refractivity contribution in [2.24, 2.45) is 0 Å². The van der Waals surface area contributed by atoms with E-state index in [-0.39, 0.29) is 11.1 Å². The van der Waals surface area contributed by atoms with Crippen LogP contribution in [0.5, 0.6) is 0 Å². The molecule has 7 nitrogen and oxygen atoms in total. The summed E-state index contributed by atoms with van der Waals surface area (Å²) in [6, 6.07) is 4.35. The molecule has 27 heavy (non-hydrogen) atoms. The van der Waals surface area contributed by atoms with Gasteiger partial charge in [0.15, 0.2) is 0 Å². The van der Waals surface area contributed by atoms with Gasteiger partial charge in [0, 0.05) is 23.1 Å². The number of aryl methyl sites for hydroxylation is 1. The monoisotopic (exact) mass is 366 g/mol. The molecule has 140 valence electrons.